The van der Waals surface area contributed by atoms with Crippen LogP contribution in [0.25, 0.3) is 0 Å². The van der Waals surface area contributed by atoms with Crippen LogP contribution in [0.3, 0.4) is 0 Å². The largest absolute Gasteiger partial charge is 0.377 e. The second-order valence-corrected chi connectivity index (χ2v) is 4.06. The lowest BCUT2D eigenvalue weighted by atomic mass is 10.2. The number of hydrogen-bond donors (Lipinski definition) is 2. The van der Waals surface area contributed by atoms with Gasteiger partial charge in [0.2, 0.25) is 0 Å². The van der Waals surface area contributed by atoms with Crippen molar-refractivity contribution in [3.63, 3.8) is 0 Å². The Labute approximate surface area is 90.1 Å². The minimum Gasteiger partial charge on any atom is -0.377 e. The van der Waals surface area contributed by atoms with Gasteiger partial charge in [0.25, 0.3) is 0 Å². The number of amides is 2. The molecule has 2 aliphatic rings. The van der Waals surface area contributed by atoms with Gasteiger partial charge in [-0.2, -0.15) is 0 Å². The van der Waals surface area contributed by atoms with Crippen molar-refractivity contribution in [2.75, 3.05) is 39.3 Å². The minimum atomic E-state index is 0.0638. The summed E-state index contributed by atoms with van der Waals surface area (Å²) in [4.78, 5) is 13.0. The van der Waals surface area contributed by atoms with Crippen molar-refractivity contribution >= 4 is 6.03 Å². The quantitative estimate of drug-likeness (QED) is 0.621. The van der Waals surface area contributed by atoms with Gasteiger partial charge in [-0.15, -0.1) is 0 Å². The summed E-state index contributed by atoms with van der Waals surface area (Å²) in [6.45, 7) is 5.08. The molecule has 2 aliphatic heterocycles. The Balaban J connectivity index is 1.52. The number of carbonyl (C=O) groups excluding carboxylic acids is 1. The summed E-state index contributed by atoms with van der Waals surface area (Å²) in [6.07, 6.45) is 2.73. The summed E-state index contributed by atoms with van der Waals surface area (Å²) in [5.74, 6) is 0. The second kappa shape index (κ2) is 5.32. The summed E-state index contributed by atoms with van der Waals surface area (Å²) in [5.41, 5.74) is 0. The molecule has 2 heterocycles. The van der Waals surface area contributed by atoms with Gasteiger partial charge in [-0.1, -0.05) is 0 Å². The van der Waals surface area contributed by atoms with E-state index in [4.69, 9.17) is 4.74 Å². The second-order valence-electron chi connectivity index (χ2n) is 4.06. The molecule has 2 rings (SSSR count). The van der Waals surface area contributed by atoms with Crippen LogP contribution >= 0.6 is 0 Å². The van der Waals surface area contributed by atoms with E-state index in [1.807, 2.05) is 4.90 Å². The van der Waals surface area contributed by atoms with E-state index in [2.05, 4.69) is 10.6 Å². The molecule has 0 aliphatic carbocycles. The maximum atomic E-state index is 11.2. The van der Waals surface area contributed by atoms with Gasteiger partial charge < -0.3 is 20.3 Å². The van der Waals surface area contributed by atoms with Crippen LogP contribution in [0.1, 0.15) is 12.8 Å². The predicted molar refractivity (Wildman–Crippen MR) is 56.8 cm³/mol. The molecule has 0 aromatic heterocycles. The van der Waals surface area contributed by atoms with Gasteiger partial charge in [-0.05, 0) is 12.8 Å². The molecule has 2 amide bonds. The Hall–Kier alpha value is -0.810. The molecule has 5 nitrogen and oxygen atoms in total. The average molecular weight is 213 g/mol. The summed E-state index contributed by atoms with van der Waals surface area (Å²) >= 11 is 0. The third kappa shape index (κ3) is 3.07. The fourth-order valence-corrected chi connectivity index (χ4v) is 2.01. The van der Waals surface area contributed by atoms with E-state index >= 15 is 0 Å². The first kappa shape index (κ1) is 10.7. The van der Waals surface area contributed by atoms with Crippen molar-refractivity contribution in [3.05, 3.63) is 0 Å². The number of hydrogen-bond acceptors (Lipinski definition) is 3. The average Bonchev–Trinajstić information content (AvgIpc) is 2.85. The molecule has 86 valence electrons. The van der Waals surface area contributed by atoms with E-state index in [0.717, 1.165) is 45.8 Å². The standard InChI is InChI=1S/C10H19N3O2/c14-10-12-4-6-13(10)5-3-11-8-9-2-1-7-15-9/h9,11H,1-8H2,(H,12,14). The fraction of sp³-hybridized carbons (Fsp3) is 0.900. The number of nitrogens with zero attached hydrogens (tertiary/aromatic N) is 1. The Kier molecular flexibility index (Phi) is 3.80. The molecular formula is C10H19N3O2. The summed E-state index contributed by atoms with van der Waals surface area (Å²) in [7, 11) is 0. The zero-order chi connectivity index (χ0) is 10.5. The number of ether oxygens (including phenoxy) is 1. The molecule has 0 aromatic carbocycles. The third-order valence-electron chi connectivity index (χ3n) is 2.90. The third-order valence-corrected chi connectivity index (χ3v) is 2.90. The van der Waals surface area contributed by atoms with Gasteiger partial charge in [-0.25, -0.2) is 4.79 Å². The monoisotopic (exact) mass is 213 g/mol. The highest BCUT2D eigenvalue weighted by Gasteiger charge is 2.19. The van der Waals surface area contributed by atoms with Crippen LogP contribution in [0.15, 0.2) is 0 Å². The van der Waals surface area contributed by atoms with E-state index in [0.29, 0.717) is 6.10 Å². The van der Waals surface area contributed by atoms with Crippen LogP contribution < -0.4 is 10.6 Å². The van der Waals surface area contributed by atoms with Crippen molar-refractivity contribution in [1.82, 2.24) is 15.5 Å². The molecule has 0 aromatic rings. The summed E-state index contributed by atoms with van der Waals surface area (Å²) in [5, 5.41) is 6.11. The van der Waals surface area contributed by atoms with Gasteiger partial charge in [-0.3, -0.25) is 0 Å². The van der Waals surface area contributed by atoms with Crippen LogP contribution in [-0.2, 0) is 4.74 Å². The number of carbonyl (C=O) groups is 1. The van der Waals surface area contributed by atoms with Crippen molar-refractivity contribution in [2.45, 2.75) is 18.9 Å². The first-order valence-electron chi connectivity index (χ1n) is 5.71. The highest BCUT2D eigenvalue weighted by atomic mass is 16.5. The molecule has 0 radical (unpaired) electrons. The van der Waals surface area contributed by atoms with Crippen LogP contribution in [0.5, 0.6) is 0 Å². The molecule has 15 heavy (non-hydrogen) atoms. The Bertz CT molecular complexity index is 217. The van der Waals surface area contributed by atoms with Crippen LogP contribution in [-0.4, -0.2) is 56.4 Å². The first-order chi connectivity index (χ1) is 7.36. The normalized spacial score (nSPS) is 26.0. The Morgan fingerprint density at radius 3 is 3.20 bits per heavy atom. The molecule has 0 spiro atoms. The lowest BCUT2D eigenvalue weighted by Gasteiger charge is -2.15. The SMILES string of the molecule is O=C1NCCN1CCNCC1CCCO1. The molecule has 1 unspecified atom stereocenters. The lowest BCUT2D eigenvalue weighted by Crippen LogP contribution is -2.37. The molecule has 1 atom stereocenters. The van der Waals surface area contributed by atoms with E-state index in [1.54, 1.807) is 0 Å². The maximum absolute atomic E-state index is 11.2. The number of nitrogens with one attached hydrogen (secondary N) is 2. The van der Waals surface area contributed by atoms with E-state index in [9.17, 15) is 4.79 Å². The van der Waals surface area contributed by atoms with E-state index in [-0.39, 0.29) is 6.03 Å². The van der Waals surface area contributed by atoms with Crippen LogP contribution in [0, 0.1) is 0 Å². The molecule has 0 bridgehead atoms. The highest BCUT2D eigenvalue weighted by molar-refractivity contribution is 5.76. The van der Waals surface area contributed by atoms with Gasteiger partial charge in [0.05, 0.1) is 6.10 Å². The van der Waals surface area contributed by atoms with Crippen molar-refractivity contribution in [3.8, 4) is 0 Å². The van der Waals surface area contributed by atoms with E-state index in [1.165, 1.54) is 6.42 Å². The number of urea groups is 1. The highest BCUT2D eigenvalue weighted by Crippen LogP contribution is 2.10. The maximum Gasteiger partial charge on any atom is 0.317 e. The fourth-order valence-electron chi connectivity index (χ4n) is 2.01. The summed E-state index contributed by atoms with van der Waals surface area (Å²) < 4.78 is 5.49. The smallest absolute Gasteiger partial charge is 0.317 e. The van der Waals surface area contributed by atoms with E-state index < -0.39 is 0 Å². The molecule has 2 saturated heterocycles. The van der Waals surface area contributed by atoms with Crippen molar-refractivity contribution in [1.29, 1.82) is 0 Å². The van der Waals surface area contributed by atoms with Crippen LogP contribution in [0.2, 0.25) is 0 Å². The molecular weight excluding hydrogens is 194 g/mol. The molecule has 5 heteroatoms. The lowest BCUT2D eigenvalue weighted by molar-refractivity contribution is 0.110. The minimum absolute atomic E-state index is 0.0638. The van der Waals surface area contributed by atoms with Crippen molar-refractivity contribution < 1.29 is 9.53 Å². The zero-order valence-corrected chi connectivity index (χ0v) is 9.00. The summed E-state index contributed by atoms with van der Waals surface area (Å²) in [6, 6.07) is 0.0638. The number of rotatable bonds is 5. The van der Waals surface area contributed by atoms with Gasteiger partial charge >= 0.3 is 6.03 Å². The first-order valence-corrected chi connectivity index (χ1v) is 5.71. The zero-order valence-electron chi connectivity index (χ0n) is 9.00. The topological polar surface area (TPSA) is 53.6 Å². The van der Waals surface area contributed by atoms with Crippen LogP contribution in [0.4, 0.5) is 4.79 Å². The Morgan fingerprint density at radius 1 is 1.60 bits per heavy atom. The molecule has 2 fully saturated rings. The predicted octanol–water partition coefficient (Wildman–Crippen LogP) is -0.220. The van der Waals surface area contributed by atoms with Gasteiger partial charge in [0.1, 0.15) is 0 Å². The molecule has 0 saturated carbocycles. The molecule has 2 N–H and O–H groups in total. The van der Waals surface area contributed by atoms with Crippen molar-refractivity contribution in [2.24, 2.45) is 0 Å². The van der Waals surface area contributed by atoms with Gasteiger partial charge in [0.15, 0.2) is 0 Å². The van der Waals surface area contributed by atoms with Gasteiger partial charge in [0, 0.05) is 39.3 Å². The Morgan fingerprint density at radius 2 is 2.53 bits per heavy atom.